The summed E-state index contributed by atoms with van der Waals surface area (Å²) in [4.78, 5) is 12.0. The Bertz CT molecular complexity index is 957. The van der Waals surface area contributed by atoms with E-state index in [9.17, 15) is 8.78 Å². The van der Waals surface area contributed by atoms with Crippen LogP contribution in [0, 0.1) is 6.92 Å². The van der Waals surface area contributed by atoms with Gasteiger partial charge in [-0.05, 0) is 24.6 Å². The van der Waals surface area contributed by atoms with Crippen molar-refractivity contribution in [3.63, 3.8) is 0 Å². The van der Waals surface area contributed by atoms with E-state index in [1.165, 1.54) is 0 Å². The molecule has 0 saturated heterocycles. The summed E-state index contributed by atoms with van der Waals surface area (Å²) in [7, 11) is 0. The van der Waals surface area contributed by atoms with Crippen LogP contribution in [0.2, 0.25) is 5.02 Å². The zero-order chi connectivity index (χ0) is 17.4. The fourth-order valence-electron chi connectivity index (χ4n) is 2.45. The van der Waals surface area contributed by atoms with Crippen molar-refractivity contribution < 1.29 is 8.78 Å². The number of halogens is 3. The maximum Gasteiger partial charge on any atom is 0.297 e. The molecule has 122 valence electrons. The first-order valence-corrected chi connectivity index (χ1v) is 7.44. The zero-order valence-electron chi connectivity index (χ0n) is 12.7. The maximum atomic E-state index is 12.9. The van der Waals surface area contributed by atoms with Crippen LogP contribution in [0.4, 0.5) is 14.6 Å². The number of pyridine rings is 1. The maximum absolute atomic E-state index is 12.9. The molecule has 24 heavy (non-hydrogen) atoms. The SMILES string of the molecule is C=Cc1cc2nc(C(F)F)nc(N)c2nc1-c1cccc(Cl)c1C. The van der Waals surface area contributed by atoms with Gasteiger partial charge in [0, 0.05) is 16.1 Å². The first-order chi connectivity index (χ1) is 11.4. The van der Waals surface area contributed by atoms with Gasteiger partial charge in [-0.3, -0.25) is 0 Å². The second-order valence-electron chi connectivity index (χ2n) is 5.18. The topological polar surface area (TPSA) is 64.7 Å². The van der Waals surface area contributed by atoms with Crippen LogP contribution in [0.25, 0.3) is 28.4 Å². The smallest absolute Gasteiger partial charge is 0.297 e. The van der Waals surface area contributed by atoms with Crippen molar-refractivity contribution in [1.29, 1.82) is 0 Å². The van der Waals surface area contributed by atoms with E-state index in [0.29, 0.717) is 16.3 Å². The van der Waals surface area contributed by atoms with Crippen LogP contribution >= 0.6 is 11.6 Å². The van der Waals surface area contributed by atoms with E-state index < -0.39 is 12.2 Å². The molecule has 0 fully saturated rings. The minimum absolute atomic E-state index is 0.0909. The molecule has 0 radical (unpaired) electrons. The van der Waals surface area contributed by atoms with E-state index in [1.807, 2.05) is 19.1 Å². The van der Waals surface area contributed by atoms with Crippen molar-refractivity contribution in [2.75, 3.05) is 5.73 Å². The minimum Gasteiger partial charge on any atom is -0.382 e. The Labute approximate surface area is 142 Å². The number of anilines is 1. The van der Waals surface area contributed by atoms with Crippen LogP contribution in [-0.2, 0) is 0 Å². The van der Waals surface area contributed by atoms with Gasteiger partial charge < -0.3 is 5.73 Å². The molecule has 3 rings (SSSR count). The number of aromatic nitrogens is 3. The summed E-state index contributed by atoms with van der Waals surface area (Å²) in [5, 5.41) is 0.599. The Morgan fingerprint density at radius 1 is 1.25 bits per heavy atom. The molecule has 0 aliphatic rings. The number of benzene rings is 1. The van der Waals surface area contributed by atoms with Gasteiger partial charge in [0.05, 0.1) is 11.2 Å². The predicted octanol–water partition coefficient (Wildman–Crippen LogP) is 4.82. The largest absolute Gasteiger partial charge is 0.382 e. The minimum atomic E-state index is -2.81. The van der Waals surface area contributed by atoms with Crippen LogP contribution in [0.3, 0.4) is 0 Å². The summed E-state index contributed by atoms with van der Waals surface area (Å²) in [5.74, 6) is -0.713. The van der Waals surface area contributed by atoms with Crippen LogP contribution in [0.1, 0.15) is 23.4 Å². The van der Waals surface area contributed by atoms with E-state index in [-0.39, 0.29) is 16.9 Å². The molecule has 1 aromatic carbocycles. The third-order valence-electron chi connectivity index (χ3n) is 3.68. The van der Waals surface area contributed by atoms with Gasteiger partial charge in [0.2, 0.25) is 0 Å². The van der Waals surface area contributed by atoms with Crippen molar-refractivity contribution in [3.05, 3.63) is 52.8 Å². The van der Waals surface area contributed by atoms with Crippen molar-refractivity contribution in [1.82, 2.24) is 15.0 Å². The van der Waals surface area contributed by atoms with Crippen LogP contribution in [0.15, 0.2) is 30.8 Å². The van der Waals surface area contributed by atoms with E-state index in [4.69, 9.17) is 17.3 Å². The molecule has 0 atom stereocenters. The molecular formula is C17H13ClF2N4. The van der Waals surface area contributed by atoms with Gasteiger partial charge in [0.15, 0.2) is 11.6 Å². The highest BCUT2D eigenvalue weighted by atomic mass is 35.5. The Hall–Kier alpha value is -2.60. The van der Waals surface area contributed by atoms with Gasteiger partial charge in [-0.15, -0.1) is 0 Å². The highest BCUT2D eigenvalue weighted by Gasteiger charge is 2.18. The van der Waals surface area contributed by atoms with Crippen molar-refractivity contribution in [3.8, 4) is 11.3 Å². The third-order valence-corrected chi connectivity index (χ3v) is 4.09. The monoisotopic (exact) mass is 346 g/mol. The number of nitrogen functional groups attached to an aromatic ring is 1. The normalized spacial score (nSPS) is 11.2. The van der Waals surface area contributed by atoms with Gasteiger partial charge in [-0.1, -0.05) is 36.4 Å². The van der Waals surface area contributed by atoms with Crippen molar-refractivity contribution >= 4 is 34.5 Å². The fraction of sp³-hybridized carbons (Fsp3) is 0.118. The summed E-state index contributed by atoms with van der Waals surface area (Å²) in [6.07, 6.45) is -1.22. The number of nitrogens with zero attached hydrogens (tertiary/aromatic N) is 3. The van der Waals surface area contributed by atoms with Crippen LogP contribution in [-0.4, -0.2) is 15.0 Å². The average molecular weight is 347 g/mol. The quantitative estimate of drug-likeness (QED) is 0.738. The first-order valence-electron chi connectivity index (χ1n) is 7.06. The first kappa shape index (κ1) is 16.3. The summed E-state index contributed by atoms with van der Waals surface area (Å²) in [6, 6.07) is 7.08. The molecule has 2 heterocycles. The lowest BCUT2D eigenvalue weighted by molar-refractivity contribution is 0.141. The molecule has 0 bridgehead atoms. The van der Waals surface area contributed by atoms with Gasteiger partial charge in [0.25, 0.3) is 6.43 Å². The van der Waals surface area contributed by atoms with Gasteiger partial charge in [-0.25, -0.2) is 23.7 Å². The Balaban J connectivity index is 2.33. The molecular weight excluding hydrogens is 334 g/mol. The van der Waals surface area contributed by atoms with Gasteiger partial charge >= 0.3 is 0 Å². The predicted molar refractivity (Wildman–Crippen MR) is 92.0 cm³/mol. The summed E-state index contributed by atoms with van der Waals surface area (Å²) >= 11 is 6.18. The van der Waals surface area contributed by atoms with E-state index in [0.717, 1.165) is 11.1 Å². The molecule has 4 nitrogen and oxygen atoms in total. The molecule has 0 amide bonds. The van der Waals surface area contributed by atoms with E-state index in [1.54, 1.807) is 18.2 Å². The Morgan fingerprint density at radius 2 is 2.00 bits per heavy atom. The molecule has 2 aromatic heterocycles. The average Bonchev–Trinajstić information content (AvgIpc) is 2.56. The van der Waals surface area contributed by atoms with Gasteiger partial charge in [0.1, 0.15) is 5.52 Å². The molecule has 7 heteroatoms. The molecule has 0 saturated carbocycles. The number of fused-ring (bicyclic) bond motifs is 1. The number of hydrogen-bond donors (Lipinski definition) is 1. The summed E-state index contributed by atoms with van der Waals surface area (Å²) in [5.41, 5.74) is 9.20. The van der Waals surface area contributed by atoms with Gasteiger partial charge in [-0.2, -0.15) is 0 Å². The lowest BCUT2D eigenvalue weighted by Gasteiger charge is -2.12. The lowest BCUT2D eigenvalue weighted by atomic mass is 10.0. The molecule has 0 spiro atoms. The van der Waals surface area contributed by atoms with Crippen molar-refractivity contribution in [2.24, 2.45) is 0 Å². The molecule has 0 aliphatic carbocycles. The fourth-order valence-corrected chi connectivity index (χ4v) is 2.62. The zero-order valence-corrected chi connectivity index (χ0v) is 13.5. The summed E-state index contributed by atoms with van der Waals surface area (Å²) in [6.45, 7) is 5.63. The van der Waals surface area contributed by atoms with Crippen LogP contribution < -0.4 is 5.73 Å². The van der Waals surface area contributed by atoms with E-state index in [2.05, 4.69) is 21.5 Å². The standard InChI is InChI=1S/C17H13ClF2N4/c1-3-9-7-12-14(16(21)24-17(22-12)15(19)20)23-13(9)10-5-4-6-11(18)8(10)2/h3-7,15H,1H2,2H3,(H2,21,22,24). The molecule has 0 aliphatic heterocycles. The lowest BCUT2D eigenvalue weighted by Crippen LogP contribution is -2.04. The van der Waals surface area contributed by atoms with E-state index >= 15 is 0 Å². The number of rotatable bonds is 3. The van der Waals surface area contributed by atoms with Crippen LogP contribution in [0.5, 0.6) is 0 Å². The third kappa shape index (κ3) is 2.69. The molecule has 2 N–H and O–H groups in total. The highest BCUT2D eigenvalue weighted by molar-refractivity contribution is 6.31. The highest BCUT2D eigenvalue weighted by Crippen LogP contribution is 2.33. The Morgan fingerprint density at radius 3 is 2.67 bits per heavy atom. The van der Waals surface area contributed by atoms with Crippen molar-refractivity contribution in [2.45, 2.75) is 13.3 Å². The molecule has 3 aromatic rings. The summed E-state index contributed by atoms with van der Waals surface area (Å²) < 4.78 is 25.7. The second-order valence-corrected chi connectivity index (χ2v) is 5.59. The number of nitrogens with two attached hydrogens (primary N) is 1. The Kier molecular flexibility index (Phi) is 4.15. The number of alkyl halides is 2. The number of hydrogen-bond acceptors (Lipinski definition) is 4. The second kappa shape index (κ2) is 6.13. The molecule has 0 unspecified atom stereocenters.